The third-order valence-corrected chi connectivity index (χ3v) is 3.16. The Kier molecular flexibility index (Phi) is 6.81. The molecule has 6 heteroatoms. The van der Waals surface area contributed by atoms with Crippen LogP contribution in [0.2, 0.25) is 0 Å². The molecule has 0 spiro atoms. The number of benzene rings is 1. The summed E-state index contributed by atoms with van der Waals surface area (Å²) in [4.78, 5) is 26.3. The van der Waals surface area contributed by atoms with E-state index in [2.05, 4.69) is 5.32 Å². The summed E-state index contributed by atoms with van der Waals surface area (Å²) in [6, 6.07) is 5.58. The number of hydrogen-bond donors (Lipinski definition) is 2. The van der Waals surface area contributed by atoms with Crippen LogP contribution in [0.15, 0.2) is 24.3 Å². The topological polar surface area (TPSA) is 53.9 Å². The highest BCUT2D eigenvalue weighted by Crippen LogP contribution is 2.07. The molecule has 0 saturated carbocycles. The zero-order valence-electron chi connectivity index (χ0n) is 12.8. The van der Waals surface area contributed by atoms with Gasteiger partial charge in [-0.3, -0.25) is 9.59 Å². The van der Waals surface area contributed by atoms with Gasteiger partial charge in [0.05, 0.1) is 7.05 Å². The Morgan fingerprint density at radius 1 is 1.14 bits per heavy atom. The molecule has 0 aliphatic heterocycles. The van der Waals surface area contributed by atoms with E-state index >= 15 is 0 Å². The molecule has 0 radical (unpaired) electrons. The lowest BCUT2D eigenvalue weighted by Crippen LogP contribution is -3.11. The second kappa shape index (κ2) is 8.36. The SMILES string of the molecule is CCN(CC)C(=O)C[NH+](C)CC(=O)Nc1ccc(F)cc1. The molecule has 0 aliphatic carbocycles. The van der Waals surface area contributed by atoms with Gasteiger partial charge < -0.3 is 15.1 Å². The molecule has 0 saturated heterocycles. The summed E-state index contributed by atoms with van der Waals surface area (Å²) in [5, 5.41) is 2.68. The van der Waals surface area contributed by atoms with Crippen LogP contribution in [-0.2, 0) is 9.59 Å². The lowest BCUT2D eigenvalue weighted by Gasteiger charge is -2.20. The summed E-state index contributed by atoms with van der Waals surface area (Å²) in [5.74, 6) is -0.515. The van der Waals surface area contributed by atoms with Crippen LogP contribution in [-0.4, -0.2) is 49.9 Å². The standard InChI is InChI=1S/C15H22FN3O2/c1-4-19(5-2)15(21)11-18(3)10-14(20)17-13-8-6-12(16)7-9-13/h6-9H,4-5,10-11H2,1-3H3,(H,17,20)/p+1. The number of nitrogens with zero attached hydrogens (tertiary/aromatic N) is 1. The Balaban J connectivity index is 2.43. The van der Waals surface area contributed by atoms with Crippen molar-refractivity contribution in [3.05, 3.63) is 30.1 Å². The van der Waals surface area contributed by atoms with Gasteiger partial charge >= 0.3 is 0 Å². The average Bonchev–Trinajstić information content (AvgIpc) is 2.42. The molecule has 1 rings (SSSR count). The van der Waals surface area contributed by atoms with Crippen molar-refractivity contribution in [2.75, 3.05) is 38.5 Å². The van der Waals surface area contributed by atoms with E-state index in [0.717, 1.165) is 4.90 Å². The minimum atomic E-state index is -0.347. The quantitative estimate of drug-likeness (QED) is 0.752. The second-order valence-electron chi connectivity index (χ2n) is 4.93. The largest absolute Gasteiger partial charge is 0.338 e. The second-order valence-corrected chi connectivity index (χ2v) is 4.93. The van der Waals surface area contributed by atoms with Crippen LogP contribution in [0.3, 0.4) is 0 Å². The molecule has 5 nitrogen and oxygen atoms in total. The number of quaternary nitrogens is 1. The van der Waals surface area contributed by atoms with E-state index in [0.29, 0.717) is 18.8 Å². The van der Waals surface area contributed by atoms with Crippen molar-refractivity contribution in [3.63, 3.8) is 0 Å². The molecule has 1 aromatic rings. The van der Waals surface area contributed by atoms with Gasteiger partial charge in [-0.05, 0) is 38.1 Å². The molecular formula is C15H23FN3O2+. The van der Waals surface area contributed by atoms with Crippen LogP contribution in [0.5, 0.6) is 0 Å². The highest BCUT2D eigenvalue weighted by atomic mass is 19.1. The zero-order chi connectivity index (χ0) is 15.8. The third-order valence-electron chi connectivity index (χ3n) is 3.16. The molecule has 0 aromatic heterocycles. The molecule has 21 heavy (non-hydrogen) atoms. The molecule has 1 aromatic carbocycles. The Bertz CT molecular complexity index is 472. The fraction of sp³-hybridized carbons (Fsp3) is 0.467. The fourth-order valence-electron chi connectivity index (χ4n) is 2.02. The van der Waals surface area contributed by atoms with E-state index in [1.807, 2.05) is 13.8 Å². The number of carbonyl (C=O) groups excluding carboxylic acids is 2. The Morgan fingerprint density at radius 2 is 1.71 bits per heavy atom. The summed E-state index contributed by atoms with van der Waals surface area (Å²) in [6.07, 6.45) is 0. The highest BCUT2D eigenvalue weighted by Gasteiger charge is 2.17. The minimum Gasteiger partial charge on any atom is -0.338 e. The van der Waals surface area contributed by atoms with Gasteiger partial charge in [-0.25, -0.2) is 4.39 Å². The first-order valence-electron chi connectivity index (χ1n) is 7.10. The Labute approximate surface area is 124 Å². The van der Waals surface area contributed by atoms with Crippen LogP contribution in [0, 0.1) is 5.82 Å². The first-order chi connectivity index (χ1) is 9.96. The molecule has 1 unspecified atom stereocenters. The zero-order valence-corrected chi connectivity index (χ0v) is 12.8. The number of anilines is 1. The van der Waals surface area contributed by atoms with Gasteiger partial charge in [0.15, 0.2) is 13.1 Å². The minimum absolute atomic E-state index is 0.0343. The summed E-state index contributed by atoms with van der Waals surface area (Å²) >= 11 is 0. The van der Waals surface area contributed by atoms with Crippen molar-refractivity contribution >= 4 is 17.5 Å². The molecule has 0 fully saturated rings. The van der Waals surface area contributed by atoms with Crippen molar-refractivity contribution in [2.24, 2.45) is 0 Å². The lowest BCUT2D eigenvalue weighted by atomic mass is 10.3. The maximum Gasteiger partial charge on any atom is 0.279 e. The molecular weight excluding hydrogens is 273 g/mol. The normalized spacial score (nSPS) is 11.8. The van der Waals surface area contributed by atoms with Crippen LogP contribution in [0.25, 0.3) is 0 Å². The van der Waals surface area contributed by atoms with Crippen LogP contribution in [0.1, 0.15) is 13.8 Å². The summed E-state index contributed by atoms with van der Waals surface area (Å²) in [6.45, 7) is 5.66. The smallest absolute Gasteiger partial charge is 0.279 e. The predicted octanol–water partition coefficient (Wildman–Crippen LogP) is 0.147. The van der Waals surface area contributed by atoms with Crippen molar-refractivity contribution in [3.8, 4) is 0 Å². The molecule has 1 atom stereocenters. The van der Waals surface area contributed by atoms with Crippen molar-refractivity contribution in [1.82, 2.24) is 4.90 Å². The number of hydrogen-bond acceptors (Lipinski definition) is 2. The lowest BCUT2D eigenvalue weighted by molar-refractivity contribution is -0.862. The number of amides is 2. The summed E-state index contributed by atoms with van der Waals surface area (Å²) in [7, 11) is 1.80. The van der Waals surface area contributed by atoms with E-state index in [1.165, 1.54) is 24.3 Å². The van der Waals surface area contributed by atoms with Gasteiger partial charge in [-0.15, -0.1) is 0 Å². The van der Waals surface area contributed by atoms with Crippen LogP contribution in [0.4, 0.5) is 10.1 Å². The maximum absolute atomic E-state index is 12.8. The number of rotatable bonds is 7. The summed E-state index contributed by atoms with van der Waals surface area (Å²) < 4.78 is 12.8. The first kappa shape index (κ1) is 17.1. The van der Waals surface area contributed by atoms with Crippen molar-refractivity contribution < 1.29 is 18.9 Å². The third kappa shape index (κ3) is 5.91. The van der Waals surface area contributed by atoms with Crippen molar-refractivity contribution in [1.29, 1.82) is 0 Å². The van der Waals surface area contributed by atoms with Gasteiger partial charge in [0, 0.05) is 18.8 Å². The average molecular weight is 296 g/mol. The molecule has 0 bridgehead atoms. The molecule has 2 N–H and O–H groups in total. The summed E-state index contributed by atoms with van der Waals surface area (Å²) in [5.41, 5.74) is 0.546. The van der Waals surface area contributed by atoms with Gasteiger partial charge in [-0.1, -0.05) is 0 Å². The van der Waals surface area contributed by atoms with Crippen LogP contribution >= 0.6 is 0 Å². The number of nitrogens with one attached hydrogen (secondary N) is 2. The van der Waals surface area contributed by atoms with E-state index in [-0.39, 0.29) is 30.7 Å². The maximum atomic E-state index is 12.8. The van der Waals surface area contributed by atoms with E-state index in [9.17, 15) is 14.0 Å². The molecule has 0 aliphatic rings. The monoisotopic (exact) mass is 296 g/mol. The van der Waals surface area contributed by atoms with E-state index in [4.69, 9.17) is 0 Å². The fourth-order valence-corrected chi connectivity index (χ4v) is 2.02. The van der Waals surface area contributed by atoms with E-state index in [1.54, 1.807) is 11.9 Å². The number of halogens is 1. The number of carbonyl (C=O) groups is 2. The van der Waals surface area contributed by atoms with Crippen molar-refractivity contribution in [2.45, 2.75) is 13.8 Å². The molecule has 0 heterocycles. The Hall–Kier alpha value is -1.95. The molecule has 116 valence electrons. The van der Waals surface area contributed by atoms with Gasteiger partial charge in [0.1, 0.15) is 5.82 Å². The first-order valence-corrected chi connectivity index (χ1v) is 7.10. The highest BCUT2D eigenvalue weighted by molar-refractivity contribution is 5.91. The van der Waals surface area contributed by atoms with Crippen LogP contribution < -0.4 is 10.2 Å². The van der Waals surface area contributed by atoms with Gasteiger partial charge in [0.2, 0.25) is 0 Å². The molecule has 2 amide bonds. The van der Waals surface area contributed by atoms with Gasteiger partial charge in [-0.2, -0.15) is 0 Å². The van der Waals surface area contributed by atoms with Gasteiger partial charge in [0.25, 0.3) is 11.8 Å². The Morgan fingerprint density at radius 3 is 2.24 bits per heavy atom. The predicted molar refractivity (Wildman–Crippen MR) is 79.6 cm³/mol. The van der Waals surface area contributed by atoms with E-state index < -0.39 is 0 Å². The number of likely N-dealkylation sites (N-methyl/N-ethyl adjacent to an activating group) is 2.